The second kappa shape index (κ2) is 4.74. The Morgan fingerprint density at radius 2 is 2.67 bits per heavy atom. The van der Waals surface area contributed by atoms with E-state index in [2.05, 4.69) is 10.5 Å². The van der Waals surface area contributed by atoms with Crippen molar-refractivity contribution in [3.63, 3.8) is 0 Å². The van der Waals surface area contributed by atoms with Crippen LogP contribution in [0.2, 0.25) is 0 Å². The lowest BCUT2D eigenvalue weighted by Crippen LogP contribution is -2.45. The molecule has 1 aliphatic rings. The average molecular weight is 210 g/mol. The number of rotatable bonds is 4. The van der Waals surface area contributed by atoms with Gasteiger partial charge in [0.15, 0.2) is 0 Å². The molecule has 0 bridgehead atoms. The molecule has 0 saturated carbocycles. The average Bonchev–Trinajstić information content (AvgIpc) is 2.85. The Morgan fingerprint density at radius 3 is 3.20 bits per heavy atom. The van der Waals surface area contributed by atoms with E-state index in [0.29, 0.717) is 0 Å². The van der Waals surface area contributed by atoms with Gasteiger partial charge in [0, 0.05) is 19.9 Å². The van der Waals surface area contributed by atoms with Crippen molar-refractivity contribution in [2.45, 2.75) is 31.4 Å². The lowest BCUT2D eigenvalue weighted by molar-refractivity contribution is 0.0784. The predicted molar refractivity (Wildman–Crippen MR) is 57.0 cm³/mol. The van der Waals surface area contributed by atoms with Gasteiger partial charge in [-0.05, 0) is 24.8 Å². The Bertz CT molecular complexity index is 306. The first-order chi connectivity index (χ1) is 7.29. The van der Waals surface area contributed by atoms with Gasteiger partial charge in [-0.3, -0.25) is 16.0 Å². The van der Waals surface area contributed by atoms with Crippen LogP contribution in [0.15, 0.2) is 12.4 Å². The van der Waals surface area contributed by atoms with E-state index in [9.17, 15) is 0 Å². The Balaban J connectivity index is 1.95. The Kier molecular flexibility index (Phi) is 3.35. The first-order valence-electron chi connectivity index (χ1n) is 5.35. The zero-order valence-electron chi connectivity index (χ0n) is 9.02. The number of hydrazine groups is 1. The topological polar surface area (TPSA) is 65.1 Å². The van der Waals surface area contributed by atoms with Gasteiger partial charge in [-0.2, -0.15) is 5.10 Å². The van der Waals surface area contributed by atoms with Crippen molar-refractivity contribution in [3.8, 4) is 0 Å². The van der Waals surface area contributed by atoms with Crippen molar-refractivity contribution in [1.29, 1.82) is 0 Å². The lowest BCUT2D eigenvalue weighted by Gasteiger charge is -2.21. The highest BCUT2D eigenvalue weighted by Crippen LogP contribution is 2.17. The van der Waals surface area contributed by atoms with Crippen LogP contribution >= 0.6 is 0 Å². The zero-order chi connectivity index (χ0) is 10.7. The molecule has 0 radical (unpaired) electrons. The molecule has 15 heavy (non-hydrogen) atoms. The summed E-state index contributed by atoms with van der Waals surface area (Å²) < 4.78 is 7.42. The molecule has 1 saturated heterocycles. The molecule has 2 rings (SSSR count). The number of hydrogen-bond donors (Lipinski definition) is 2. The first-order valence-corrected chi connectivity index (χ1v) is 5.35. The summed E-state index contributed by atoms with van der Waals surface area (Å²) in [5, 5.41) is 4.14. The number of aryl methyl sites for hydroxylation is 1. The monoisotopic (exact) mass is 210 g/mol. The van der Waals surface area contributed by atoms with E-state index < -0.39 is 0 Å². The molecule has 2 atom stereocenters. The van der Waals surface area contributed by atoms with Crippen molar-refractivity contribution < 1.29 is 4.74 Å². The van der Waals surface area contributed by atoms with Gasteiger partial charge in [-0.1, -0.05) is 0 Å². The predicted octanol–water partition coefficient (Wildman–Crippen LogP) is -0.0265. The third-order valence-electron chi connectivity index (χ3n) is 2.84. The maximum absolute atomic E-state index is 5.62. The van der Waals surface area contributed by atoms with Crippen LogP contribution in [0.5, 0.6) is 0 Å². The normalized spacial score (nSPS) is 23.2. The first kappa shape index (κ1) is 10.6. The fourth-order valence-corrected chi connectivity index (χ4v) is 2.05. The van der Waals surface area contributed by atoms with Gasteiger partial charge in [0.2, 0.25) is 0 Å². The van der Waals surface area contributed by atoms with E-state index in [1.165, 1.54) is 5.56 Å². The number of aromatic nitrogens is 2. The SMILES string of the molecule is Cn1cc(CC(NN)C2CCCO2)cn1. The quantitative estimate of drug-likeness (QED) is 0.541. The molecule has 0 amide bonds. The largest absolute Gasteiger partial charge is 0.377 e. The summed E-state index contributed by atoms with van der Waals surface area (Å²) in [6.45, 7) is 0.857. The Hall–Kier alpha value is -0.910. The van der Waals surface area contributed by atoms with Crippen LogP contribution in [-0.4, -0.2) is 28.5 Å². The fourth-order valence-electron chi connectivity index (χ4n) is 2.05. The molecule has 3 N–H and O–H groups in total. The third kappa shape index (κ3) is 2.56. The van der Waals surface area contributed by atoms with E-state index in [0.717, 1.165) is 25.9 Å². The molecular formula is C10H18N4O. The molecule has 2 unspecified atom stereocenters. The molecular weight excluding hydrogens is 192 g/mol. The van der Waals surface area contributed by atoms with Gasteiger partial charge in [-0.15, -0.1) is 0 Å². The second-order valence-corrected chi connectivity index (χ2v) is 4.05. The molecule has 1 aliphatic heterocycles. The number of ether oxygens (including phenoxy) is 1. The van der Waals surface area contributed by atoms with Crippen LogP contribution in [0.1, 0.15) is 18.4 Å². The van der Waals surface area contributed by atoms with Crippen molar-refractivity contribution in [3.05, 3.63) is 18.0 Å². The summed E-state index contributed by atoms with van der Waals surface area (Å²) >= 11 is 0. The van der Waals surface area contributed by atoms with Gasteiger partial charge in [-0.25, -0.2) is 0 Å². The van der Waals surface area contributed by atoms with Crippen LogP contribution in [0.3, 0.4) is 0 Å². The Morgan fingerprint density at radius 1 is 1.80 bits per heavy atom. The van der Waals surface area contributed by atoms with E-state index >= 15 is 0 Å². The zero-order valence-corrected chi connectivity index (χ0v) is 9.02. The lowest BCUT2D eigenvalue weighted by atomic mass is 10.0. The van der Waals surface area contributed by atoms with Crippen LogP contribution in [0.25, 0.3) is 0 Å². The van der Waals surface area contributed by atoms with Crippen molar-refractivity contribution >= 4 is 0 Å². The molecule has 0 aliphatic carbocycles. The van der Waals surface area contributed by atoms with Gasteiger partial charge in [0.05, 0.1) is 18.3 Å². The molecule has 5 heteroatoms. The summed E-state index contributed by atoms with van der Waals surface area (Å²) in [4.78, 5) is 0. The van der Waals surface area contributed by atoms with Crippen LogP contribution in [0.4, 0.5) is 0 Å². The van der Waals surface area contributed by atoms with Gasteiger partial charge < -0.3 is 4.74 Å². The summed E-state index contributed by atoms with van der Waals surface area (Å²) in [5.74, 6) is 5.55. The van der Waals surface area contributed by atoms with E-state index in [1.54, 1.807) is 4.68 Å². The summed E-state index contributed by atoms with van der Waals surface area (Å²) in [6, 6.07) is 0.191. The molecule has 84 valence electrons. The van der Waals surface area contributed by atoms with Crippen LogP contribution in [-0.2, 0) is 18.2 Å². The van der Waals surface area contributed by atoms with Crippen molar-refractivity contribution in [2.75, 3.05) is 6.61 Å². The number of hydrogen-bond acceptors (Lipinski definition) is 4. The molecule has 0 spiro atoms. The molecule has 1 aromatic heterocycles. The number of nitrogens with two attached hydrogens (primary N) is 1. The van der Waals surface area contributed by atoms with E-state index in [4.69, 9.17) is 10.6 Å². The van der Waals surface area contributed by atoms with Crippen molar-refractivity contribution in [2.24, 2.45) is 12.9 Å². The molecule has 2 heterocycles. The number of nitrogens with zero attached hydrogens (tertiary/aromatic N) is 2. The molecule has 0 aromatic carbocycles. The highest BCUT2D eigenvalue weighted by atomic mass is 16.5. The van der Waals surface area contributed by atoms with E-state index in [-0.39, 0.29) is 12.1 Å². The number of nitrogens with one attached hydrogen (secondary N) is 1. The van der Waals surface area contributed by atoms with Crippen LogP contribution in [0, 0.1) is 0 Å². The highest BCUT2D eigenvalue weighted by molar-refractivity contribution is 5.07. The molecule has 1 fully saturated rings. The van der Waals surface area contributed by atoms with Gasteiger partial charge in [0.1, 0.15) is 0 Å². The Labute approximate surface area is 89.6 Å². The second-order valence-electron chi connectivity index (χ2n) is 4.05. The van der Waals surface area contributed by atoms with Gasteiger partial charge in [0.25, 0.3) is 0 Å². The van der Waals surface area contributed by atoms with Crippen molar-refractivity contribution in [1.82, 2.24) is 15.2 Å². The smallest absolute Gasteiger partial charge is 0.0745 e. The summed E-state index contributed by atoms with van der Waals surface area (Å²) in [5.41, 5.74) is 4.03. The molecule has 5 nitrogen and oxygen atoms in total. The fraction of sp³-hybridized carbons (Fsp3) is 0.700. The summed E-state index contributed by atoms with van der Waals surface area (Å²) in [7, 11) is 1.92. The molecule has 1 aromatic rings. The van der Waals surface area contributed by atoms with Gasteiger partial charge >= 0.3 is 0 Å². The maximum atomic E-state index is 5.62. The standard InChI is InChI=1S/C10H18N4O/c1-14-7-8(6-12-14)5-9(13-11)10-3-2-4-15-10/h6-7,9-10,13H,2-5,11H2,1H3. The van der Waals surface area contributed by atoms with E-state index in [1.807, 2.05) is 19.4 Å². The van der Waals surface area contributed by atoms with Crippen LogP contribution < -0.4 is 11.3 Å². The highest BCUT2D eigenvalue weighted by Gasteiger charge is 2.25. The minimum absolute atomic E-state index is 0.191. The minimum atomic E-state index is 0.191. The maximum Gasteiger partial charge on any atom is 0.0745 e. The minimum Gasteiger partial charge on any atom is -0.377 e. The summed E-state index contributed by atoms with van der Waals surface area (Å²) in [6.07, 6.45) is 7.23. The third-order valence-corrected chi connectivity index (χ3v) is 2.84.